The zero-order chi connectivity index (χ0) is 15.4. The summed E-state index contributed by atoms with van der Waals surface area (Å²) >= 11 is 0. The summed E-state index contributed by atoms with van der Waals surface area (Å²) < 4.78 is 4.93. The lowest BCUT2D eigenvalue weighted by Gasteiger charge is -2.39. The third-order valence-corrected chi connectivity index (χ3v) is 4.85. The number of hydrogen-bond donors (Lipinski definition) is 1. The van der Waals surface area contributed by atoms with E-state index in [4.69, 9.17) is 4.74 Å². The Labute approximate surface area is 128 Å². The number of hydrogen-bond acceptors (Lipinski definition) is 3. The second kappa shape index (κ2) is 7.08. The molecule has 3 heteroatoms. The quantitative estimate of drug-likeness (QED) is 0.816. The third-order valence-electron chi connectivity index (χ3n) is 4.85. The van der Waals surface area contributed by atoms with Crippen LogP contribution in [0, 0.1) is 12.8 Å². The molecule has 21 heavy (non-hydrogen) atoms. The molecule has 1 N–H and O–H groups in total. The number of aryl methyl sites for hydroxylation is 1. The van der Waals surface area contributed by atoms with Crippen LogP contribution in [0.5, 0.6) is 0 Å². The summed E-state index contributed by atoms with van der Waals surface area (Å²) in [7, 11) is 1.47. The Hall–Kier alpha value is -1.35. The van der Waals surface area contributed by atoms with Gasteiger partial charge in [0.2, 0.25) is 0 Å². The fourth-order valence-corrected chi connectivity index (χ4v) is 3.13. The Bertz CT molecular complexity index is 480. The molecular weight excluding hydrogens is 262 g/mol. The normalized spacial score (nSPS) is 24.0. The monoisotopic (exact) mass is 289 g/mol. The van der Waals surface area contributed by atoms with Crippen molar-refractivity contribution < 1.29 is 9.53 Å². The van der Waals surface area contributed by atoms with E-state index in [0.29, 0.717) is 17.9 Å². The van der Waals surface area contributed by atoms with Gasteiger partial charge in [0.25, 0.3) is 0 Å². The van der Waals surface area contributed by atoms with Crippen LogP contribution >= 0.6 is 0 Å². The molecule has 3 nitrogen and oxygen atoms in total. The number of carbonyl (C=O) groups is 1. The Balaban J connectivity index is 1.91. The first kappa shape index (κ1) is 16.0. The summed E-state index contributed by atoms with van der Waals surface area (Å²) in [5.74, 6) is 0.789. The van der Waals surface area contributed by atoms with Crippen molar-refractivity contribution in [3.63, 3.8) is 0 Å². The summed E-state index contributed by atoms with van der Waals surface area (Å²) in [6, 6.07) is 8.84. The van der Waals surface area contributed by atoms with E-state index in [1.54, 1.807) is 0 Å². The van der Waals surface area contributed by atoms with E-state index in [-0.39, 0.29) is 12.0 Å². The van der Waals surface area contributed by atoms with Crippen LogP contribution < -0.4 is 5.32 Å². The van der Waals surface area contributed by atoms with Crippen molar-refractivity contribution in [3.8, 4) is 0 Å². The van der Waals surface area contributed by atoms with Crippen molar-refractivity contribution in [3.05, 3.63) is 35.4 Å². The molecule has 0 amide bonds. The van der Waals surface area contributed by atoms with Crippen LogP contribution in [0.15, 0.2) is 24.3 Å². The predicted octanol–water partition coefficient (Wildman–Crippen LogP) is 3.42. The van der Waals surface area contributed by atoms with Crippen LogP contribution in [0.3, 0.4) is 0 Å². The van der Waals surface area contributed by atoms with E-state index in [1.165, 1.54) is 18.2 Å². The first-order chi connectivity index (χ1) is 10.1. The highest BCUT2D eigenvalue weighted by Crippen LogP contribution is 2.38. The number of carbonyl (C=O) groups excluding carboxylic acids is 1. The largest absolute Gasteiger partial charge is 0.468 e. The second-order valence-electron chi connectivity index (χ2n) is 6.27. The van der Waals surface area contributed by atoms with Crippen LogP contribution in [0.2, 0.25) is 0 Å². The molecule has 1 aromatic rings. The van der Waals surface area contributed by atoms with E-state index in [1.807, 2.05) is 0 Å². The van der Waals surface area contributed by atoms with E-state index in [2.05, 4.69) is 50.4 Å². The zero-order valence-corrected chi connectivity index (χ0v) is 13.6. The van der Waals surface area contributed by atoms with Crippen molar-refractivity contribution in [1.29, 1.82) is 0 Å². The molecule has 0 saturated heterocycles. The molecule has 1 aliphatic rings. The van der Waals surface area contributed by atoms with Gasteiger partial charge in [0.1, 0.15) is 6.04 Å². The summed E-state index contributed by atoms with van der Waals surface area (Å²) in [6.45, 7) is 6.39. The fourth-order valence-electron chi connectivity index (χ4n) is 3.13. The van der Waals surface area contributed by atoms with Crippen molar-refractivity contribution in [1.82, 2.24) is 5.32 Å². The minimum Gasteiger partial charge on any atom is -0.468 e. The standard InChI is InChI=1S/C18H27NO2/c1-5-12(2)17(18(20)21-4)19-15-10-14(11-15)16-9-7-6-8-13(16)3/h6-9,12,14-15,17,19H,5,10-11H2,1-4H3. The van der Waals surface area contributed by atoms with Crippen LogP contribution in [-0.4, -0.2) is 25.2 Å². The zero-order valence-electron chi connectivity index (χ0n) is 13.6. The average molecular weight is 289 g/mol. The maximum Gasteiger partial charge on any atom is 0.323 e. The molecule has 116 valence electrons. The predicted molar refractivity (Wildman–Crippen MR) is 85.3 cm³/mol. The van der Waals surface area contributed by atoms with Gasteiger partial charge in [-0.05, 0) is 42.7 Å². The molecule has 0 aromatic heterocycles. The van der Waals surface area contributed by atoms with Gasteiger partial charge in [-0.3, -0.25) is 4.79 Å². The van der Waals surface area contributed by atoms with Crippen LogP contribution in [-0.2, 0) is 9.53 Å². The Kier molecular flexibility index (Phi) is 5.40. The van der Waals surface area contributed by atoms with Gasteiger partial charge in [-0.25, -0.2) is 0 Å². The first-order valence-corrected chi connectivity index (χ1v) is 7.96. The summed E-state index contributed by atoms with van der Waals surface area (Å²) in [6.07, 6.45) is 3.18. The van der Waals surface area contributed by atoms with E-state index in [9.17, 15) is 4.79 Å². The van der Waals surface area contributed by atoms with Gasteiger partial charge < -0.3 is 10.1 Å². The van der Waals surface area contributed by atoms with Crippen molar-refractivity contribution >= 4 is 5.97 Å². The lowest BCUT2D eigenvalue weighted by atomic mass is 9.74. The highest BCUT2D eigenvalue weighted by Gasteiger charge is 2.35. The second-order valence-corrected chi connectivity index (χ2v) is 6.27. The topological polar surface area (TPSA) is 38.3 Å². The van der Waals surface area contributed by atoms with Gasteiger partial charge in [-0.1, -0.05) is 44.5 Å². The molecule has 2 unspecified atom stereocenters. The first-order valence-electron chi connectivity index (χ1n) is 7.96. The lowest BCUT2D eigenvalue weighted by Crippen LogP contribution is -2.51. The molecule has 2 atom stereocenters. The van der Waals surface area contributed by atoms with Gasteiger partial charge in [-0.15, -0.1) is 0 Å². The molecule has 0 radical (unpaired) electrons. The van der Waals surface area contributed by atoms with Crippen LogP contribution in [0.4, 0.5) is 0 Å². The van der Waals surface area contributed by atoms with E-state index >= 15 is 0 Å². The van der Waals surface area contributed by atoms with E-state index in [0.717, 1.165) is 19.3 Å². The van der Waals surface area contributed by atoms with Gasteiger partial charge >= 0.3 is 5.97 Å². The number of benzene rings is 1. The van der Waals surface area contributed by atoms with Crippen molar-refractivity contribution in [2.24, 2.45) is 5.92 Å². The van der Waals surface area contributed by atoms with Gasteiger partial charge in [0.15, 0.2) is 0 Å². The molecule has 0 bridgehead atoms. The SMILES string of the molecule is CCC(C)C(NC1CC(c2ccccc2C)C1)C(=O)OC. The van der Waals surface area contributed by atoms with E-state index < -0.39 is 0 Å². The molecule has 0 aliphatic heterocycles. The number of rotatable bonds is 6. The molecule has 1 fully saturated rings. The number of methoxy groups -OCH3 is 1. The molecule has 0 heterocycles. The van der Waals surface area contributed by atoms with Gasteiger partial charge in [0.05, 0.1) is 7.11 Å². The minimum atomic E-state index is -0.178. The molecule has 1 aromatic carbocycles. The van der Waals surface area contributed by atoms with Gasteiger partial charge in [-0.2, -0.15) is 0 Å². The fraction of sp³-hybridized carbons (Fsp3) is 0.611. The highest BCUT2D eigenvalue weighted by molar-refractivity contribution is 5.76. The van der Waals surface area contributed by atoms with Crippen LogP contribution in [0.1, 0.15) is 50.2 Å². The third kappa shape index (κ3) is 3.65. The van der Waals surface area contributed by atoms with Crippen LogP contribution in [0.25, 0.3) is 0 Å². The molecule has 1 saturated carbocycles. The number of nitrogens with one attached hydrogen (secondary N) is 1. The average Bonchev–Trinajstić information content (AvgIpc) is 2.46. The smallest absolute Gasteiger partial charge is 0.323 e. The number of esters is 1. The maximum absolute atomic E-state index is 11.9. The molecule has 0 spiro atoms. The highest BCUT2D eigenvalue weighted by atomic mass is 16.5. The summed E-state index contributed by atoms with van der Waals surface area (Å²) in [4.78, 5) is 11.9. The van der Waals surface area contributed by atoms with Crippen molar-refractivity contribution in [2.45, 2.75) is 58.0 Å². The maximum atomic E-state index is 11.9. The Morgan fingerprint density at radius 3 is 2.62 bits per heavy atom. The Morgan fingerprint density at radius 2 is 2.05 bits per heavy atom. The van der Waals surface area contributed by atoms with Crippen molar-refractivity contribution in [2.75, 3.05) is 7.11 Å². The van der Waals surface area contributed by atoms with Gasteiger partial charge in [0, 0.05) is 6.04 Å². The minimum absolute atomic E-state index is 0.135. The summed E-state index contributed by atoms with van der Waals surface area (Å²) in [5, 5.41) is 3.50. The molecule has 1 aliphatic carbocycles. The molecular formula is C18H27NO2. The lowest BCUT2D eigenvalue weighted by molar-refractivity contribution is -0.145. The Morgan fingerprint density at radius 1 is 1.38 bits per heavy atom. The molecule has 2 rings (SSSR count). The summed E-state index contributed by atoms with van der Waals surface area (Å²) in [5.41, 5.74) is 2.82. The number of ether oxygens (including phenoxy) is 1.